The predicted octanol–water partition coefficient (Wildman–Crippen LogP) is 3.53. The molecule has 2 aromatic rings. The molecule has 1 unspecified atom stereocenters. The van der Waals surface area contributed by atoms with Gasteiger partial charge in [0.2, 0.25) is 5.89 Å². The highest BCUT2D eigenvalue weighted by molar-refractivity contribution is 5.61. The second-order valence-electron chi connectivity index (χ2n) is 4.78. The Kier molecular flexibility index (Phi) is 4.50. The van der Waals surface area contributed by atoms with Gasteiger partial charge in [0.05, 0.1) is 18.5 Å². The molecular weight excluding hydrogens is 254 g/mol. The first kappa shape index (κ1) is 14.2. The number of rotatable bonds is 6. The van der Waals surface area contributed by atoms with E-state index in [1.54, 1.807) is 6.20 Å². The summed E-state index contributed by atoms with van der Waals surface area (Å²) in [4.78, 5) is 4.22. The van der Waals surface area contributed by atoms with Gasteiger partial charge in [0.25, 0.3) is 0 Å². The summed E-state index contributed by atoms with van der Waals surface area (Å²) in [7, 11) is 0. The van der Waals surface area contributed by atoms with Crippen molar-refractivity contribution in [3.05, 3.63) is 36.0 Å². The monoisotopic (exact) mass is 275 g/mol. The average Bonchev–Trinajstić information content (AvgIpc) is 2.86. The van der Waals surface area contributed by atoms with Crippen LogP contribution >= 0.6 is 0 Å². The van der Waals surface area contributed by atoms with E-state index in [2.05, 4.69) is 17.2 Å². The number of aromatic nitrogens is 1. The smallest absolute Gasteiger partial charge is 0.216 e. The fourth-order valence-corrected chi connectivity index (χ4v) is 1.85. The first-order valence-electron chi connectivity index (χ1n) is 6.81. The lowest BCUT2D eigenvalue weighted by atomic mass is 10.2. The van der Waals surface area contributed by atoms with Crippen LogP contribution in [-0.2, 0) is 0 Å². The van der Waals surface area contributed by atoms with Crippen molar-refractivity contribution in [1.29, 1.82) is 0 Å². The largest absolute Gasteiger partial charge is 0.491 e. The maximum absolute atomic E-state index is 5.89. The molecule has 0 aliphatic carbocycles. The molecule has 5 heteroatoms. The molecule has 2 rings (SSSR count). The zero-order valence-electron chi connectivity index (χ0n) is 12.1. The van der Waals surface area contributed by atoms with Crippen LogP contribution in [0.4, 0.5) is 11.4 Å². The van der Waals surface area contributed by atoms with Gasteiger partial charge in [0.1, 0.15) is 17.6 Å². The minimum Gasteiger partial charge on any atom is -0.491 e. The first-order chi connectivity index (χ1) is 9.60. The Morgan fingerprint density at radius 3 is 2.90 bits per heavy atom. The molecule has 0 fully saturated rings. The molecule has 0 amide bonds. The minimum atomic E-state index is -0.0219. The van der Waals surface area contributed by atoms with Crippen molar-refractivity contribution in [3.8, 4) is 5.75 Å². The van der Waals surface area contributed by atoms with E-state index in [0.29, 0.717) is 23.9 Å². The number of benzene rings is 1. The van der Waals surface area contributed by atoms with Gasteiger partial charge in [-0.1, -0.05) is 6.92 Å². The van der Waals surface area contributed by atoms with Crippen LogP contribution in [0.25, 0.3) is 0 Å². The van der Waals surface area contributed by atoms with Gasteiger partial charge in [-0.05, 0) is 32.4 Å². The molecule has 1 aromatic heterocycles. The topological polar surface area (TPSA) is 73.3 Å². The van der Waals surface area contributed by atoms with Crippen molar-refractivity contribution >= 4 is 11.4 Å². The van der Waals surface area contributed by atoms with Crippen molar-refractivity contribution < 1.29 is 9.15 Å². The quantitative estimate of drug-likeness (QED) is 0.789. The van der Waals surface area contributed by atoms with E-state index < -0.39 is 0 Å². The summed E-state index contributed by atoms with van der Waals surface area (Å²) in [6, 6.07) is 5.63. The van der Waals surface area contributed by atoms with Gasteiger partial charge in [0, 0.05) is 11.8 Å². The van der Waals surface area contributed by atoms with Crippen molar-refractivity contribution in [2.75, 3.05) is 17.7 Å². The average molecular weight is 275 g/mol. The van der Waals surface area contributed by atoms with Crippen LogP contribution in [0.3, 0.4) is 0 Å². The van der Waals surface area contributed by atoms with E-state index in [0.717, 1.165) is 17.9 Å². The van der Waals surface area contributed by atoms with Crippen molar-refractivity contribution in [2.45, 2.75) is 33.2 Å². The van der Waals surface area contributed by atoms with E-state index >= 15 is 0 Å². The van der Waals surface area contributed by atoms with Crippen LogP contribution in [0.1, 0.15) is 38.0 Å². The standard InChI is InChI=1S/C15H21N3O2/c1-4-7-19-14-8-12(5-6-13(14)16)18-11(3)15-17-9-10(2)20-15/h5-6,8-9,11,18H,4,7,16H2,1-3H3. The van der Waals surface area contributed by atoms with Gasteiger partial charge < -0.3 is 20.2 Å². The molecule has 0 aliphatic rings. The molecule has 3 N–H and O–H groups in total. The zero-order chi connectivity index (χ0) is 14.5. The number of nitrogens with zero attached hydrogens (tertiary/aromatic N) is 1. The summed E-state index contributed by atoms with van der Waals surface area (Å²) in [5.74, 6) is 2.17. The molecule has 1 heterocycles. The lowest BCUT2D eigenvalue weighted by Gasteiger charge is -2.14. The number of nitrogen functional groups attached to an aromatic ring is 1. The molecular formula is C15H21N3O2. The number of nitrogens with two attached hydrogens (primary N) is 1. The third kappa shape index (κ3) is 3.44. The Balaban J connectivity index is 2.09. The summed E-state index contributed by atoms with van der Waals surface area (Å²) < 4.78 is 11.1. The van der Waals surface area contributed by atoms with Gasteiger partial charge >= 0.3 is 0 Å². The molecule has 0 saturated carbocycles. The Hall–Kier alpha value is -2.17. The van der Waals surface area contributed by atoms with E-state index in [9.17, 15) is 0 Å². The summed E-state index contributed by atoms with van der Waals surface area (Å²) >= 11 is 0. The number of ether oxygens (including phenoxy) is 1. The third-order valence-electron chi connectivity index (χ3n) is 2.87. The minimum absolute atomic E-state index is 0.0219. The third-order valence-corrected chi connectivity index (χ3v) is 2.87. The number of aryl methyl sites for hydroxylation is 1. The maximum Gasteiger partial charge on any atom is 0.216 e. The maximum atomic E-state index is 5.89. The van der Waals surface area contributed by atoms with Crippen LogP contribution in [0.5, 0.6) is 5.75 Å². The van der Waals surface area contributed by atoms with Crippen molar-refractivity contribution in [1.82, 2.24) is 4.98 Å². The van der Waals surface area contributed by atoms with Gasteiger partial charge in [-0.25, -0.2) is 4.98 Å². The Labute approximate surface area is 119 Å². The van der Waals surface area contributed by atoms with Crippen LogP contribution in [0.15, 0.2) is 28.8 Å². The molecule has 0 bridgehead atoms. The summed E-state index contributed by atoms with van der Waals surface area (Å²) in [6.45, 7) is 6.59. The van der Waals surface area contributed by atoms with Crippen LogP contribution in [-0.4, -0.2) is 11.6 Å². The summed E-state index contributed by atoms with van der Waals surface area (Å²) in [6.07, 6.45) is 2.66. The fourth-order valence-electron chi connectivity index (χ4n) is 1.85. The number of hydrogen-bond donors (Lipinski definition) is 2. The highest BCUT2D eigenvalue weighted by Crippen LogP contribution is 2.28. The molecule has 0 radical (unpaired) electrons. The normalized spacial score (nSPS) is 12.2. The zero-order valence-corrected chi connectivity index (χ0v) is 12.1. The molecule has 5 nitrogen and oxygen atoms in total. The van der Waals surface area contributed by atoms with Gasteiger partial charge in [-0.15, -0.1) is 0 Å². The van der Waals surface area contributed by atoms with E-state index in [-0.39, 0.29) is 6.04 Å². The van der Waals surface area contributed by atoms with E-state index in [1.807, 2.05) is 32.0 Å². The number of nitrogens with one attached hydrogen (secondary N) is 1. The Morgan fingerprint density at radius 2 is 2.25 bits per heavy atom. The van der Waals surface area contributed by atoms with Crippen LogP contribution in [0.2, 0.25) is 0 Å². The number of oxazole rings is 1. The molecule has 20 heavy (non-hydrogen) atoms. The Morgan fingerprint density at radius 1 is 1.45 bits per heavy atom. The SMILES string of the molecule is CCCOc1cc(NC(C)c2ncc(C)o2)ccc1N. The van der Waals surface area contributed by atoms with E-state index in [1.165, 1.54) is 0 Å². The second-order valence-corrected chi connectivity index (χ2v) is 4.78. The Bertz CT molecular complexity index is 566. The highest BCUT2D eigenvalue weighted by Gasteiger charge is 2.12. The predicted molar refractivity (Wildman–Crippen MR) is 79.9 cm³/mol. The van der Waals surface area contributed by atoms with Crippen LogP contribution in [0, 0.1) is 6.92 Å². The van der Waals surface area contributed by atoms with E-state index in [4.69, 9.17) is 14.9 Å². The number of hydrogen-bond acceptors (Lipinski definition) is 5. The molecule has 1 atom stereocenters. The summed E-state index contributed by atoms with van der Waals surface area (Å²) in [5.41, 5.74) is 7.46. The lowest BCUT2D eigenvalue weighted by molar-refractivity contribution is 0.319. The van der Waals surface area contributed by atoms with Gasteiger partial charge in [-0.3, -0.25) is 0 Å². The van der Waals surface area contributed by atoms with Crippen LogP contribution < -0.4 is 15.8 Å². The van der Waals surface area contributed by atoms with Gasteiger partial charge in [-0.2, -0.15) is 0 Å². The molecule has 0 saturated heterocycles. The van der Waals surface area contributed by atoms with Crippen molar-refractivity contribution in [3.63, 3.8) is 0 Å². The number of anilines is 2. The summed E-state index contributed by atoms with van der Waals surface area (Å²) in [5, 5.41) is 3.32. The fraction of sp³-hybridized carbons (Fsp3) is 0.400. The lowest BCUT2D eigenvalue weighted by Crippen LogP contribution is -2.07. The molecule has 0 aliphatic heterocycles. The molecule has 108 valence electrons. The molecule has 1 aromatic carbocycles. The second kappa shape index (κ2) is 6.32. The highest BCUT2D eigenvalue weighted by atomic mass is 16.5. The van der Waals surface area contributed by atoms with Crippen molar-refractivity contribution in [2.24, 2.45) is 0 Å². The molecule has 0 spiro atoms. The van der Waals surface area contributed by atoms with Gasteiger partial charge in [0.15, 0.2) is 0 Å². The first-order valence-corrected chi connectivity index (χ1v) is 6.81.